The zero-order valence-corrected chi connectivity index (χ0v) is 18.0. The molecule has 0 spiro atoms. The molecule has 1 heterocycles. The maximum Gasteiger partial charge on any atom is 0.411 e. The molecule has 0 atom stereocenters. The molecule has 150 valence electrons. The van der Waals surface area contributed by atoms with Gasteiger partial charge < -0.3 is 19.4 Å². The molecule has 1 amide bonds. The summed E-state index contributed by atoms with van der Waals surface area (Å²) in [6, 6.07) is 20.7. The average Bonchev–Trinajstić information content (AvgIpc) is 2.72. The van der Waals surface area contributed by atoms with Gasteiger partial charge >= 0.3 is 6.09 Å². The van der Waals surface area contributed by atoms with Gasteiger partial charge in [0.05, 0.1) is 0 Å². The van der Waals surface area contributed by atoms with Crippen LogP contribution in [0.15, 0.2) is 60.7 Å². The fourth-order valence-electron chi connectivity index (χ4n) is 3.87. The third kappa shape index (κ3) is 4.29. The van der Waals surface area contributed by atoms with Crippen molar-refractivity contribution in [1.29, 1.82) is 0 Å². The Kier molecular flexibility index (Phi) is 6.54. The van der Waals surface area contributed by atoms with Gasteiger partial charge in [-0.3, -0.25) is 0 Å². The first-order chi connectivity index (χ1) is 13.4. The van der Waals surface area contributed by atoms with Crippen LogP contribution in [0.1, 0.15) is 20.8 Å². The molecular formula is C22H30N2O3Si. The predicted molar refractivity (Wildman–Crippen MR) is 114 cm³/mol. The molecule has 1 saturated heterocycles. The maximum atomic E-state index is 12.4. The van der Waals surface area contributed by atoms with E-state index in [1.165, 1.54) is 10.4 Å². The highest BCUT2D eigenvalue weighted by Gasteiger charge is 2.50. The minimum absolute atomic E-state index is 0.0456. The van der Waals surface area contributed by atoms with E-state index in [9.17, 15) is 4.79 Å². The highest BCUT2D eigenvalue weighted by Crippen LogP contribution is 2.36. The maximum absolute atomic E-state index is 12.4. The van der Waals surface area contributed by atoms with E-state index in [0.717, 1.165) is 13.1 Å². The van der Waals surface area contributed by atoms with Crippen LogP contribution in [0.25, 0.3) is 0 Å². The van der Waals surface area contributed by atoms with Crippen molar-refractivity contribution in [3.8, 4) is 0 Å². The van der Waals surface area contributed by atoms with E-state index < -0.39 is 8.32 Å². The van der Waals surface area contributed by atoms with Crippen LogP contribution in [0, 0.1) is 0 Å². The predicted octanol–water partition coefficient (Wildman–Crippen LogP) is 2.56. The molecule has 2 aromatic rings. The lowest BCUT2D eigenvalue weighted by Crippen LogP contribution is -2.66. The van der Waals surface area contributed by atoms with Crippen LogP contribution >= 0.6 is 0 Å². The second kappa shape index (κ2) is 8.90. The van der Waals surface area contributed by atoms with Crippen molar-refractivity contribution in [2.75, 3.05) is 33.0 Å². The minimum atomic E-state index is -2.67. The Morgan fingerprint density at radius 1 is 0.964 bits per heavy atom. The fraction of sp³-hybridized carbons (Fsp3) is 0.409. The molecule has 1 N–H and O–H groups in total. The fourth-order valence-corrected chi connectivity index (χ4v) is 8.26. The number of hydrogen-bond donors (Lipinski definition) is 1. The third-order valence-corrected chi connectivity index (χ3v) is 10.2. The lowest BCUT2D eigenvalue weighted by Gasteiger charge is -2.42. The molecule has 28 heavy (non-hydrogen) atoms. The Bertz CT molecular complexity index is 717. The third-order valence-electron chi connectivity index (χ3n) is 5.25. The molecule has 1 fully saturated rings. The molecule has 0 saturated carbocycles. The van der Waals surface area contributed by atoms with Crippen molar-refractivity contribution in [1.82, 2.24) is 10.2 Å². The van der Waals surface area contributed by atoms with Gasteiger partial charge in [0.1, 0.15) is 0 Å². The van der Waals surface area contributed by atoms with Crippen molar-refractivity contribution in [2.45, 2.75) is 25.8 Å². The van der Waals surface area contributed by atoms with E-state index in [2.05, 4.69) is 50.4 Å². The number of rotatable bonds is 5. The molecule has 6 heteroatoms. The molecule has 0 aliphatic carbocycles. The van der Waals surface area contributed by atoms with E-state index in [4.69, 9.17) is 9.16 Å². The summed E-state index contributed by atoms with van der Waals surface area (Å²) in [5, 5.41) is 5.44. The van der Waals surface area contributed by atoms with E-state index in [-0.39, 0.29) is 17.9 Å². The molecule has 0 unspecified atom stereocenters. The summed E-state index contributed by atoms with van der Waals surface area (Å²) in [5.41, 5.74) is 0. The lowest BCUT2D eigenvalue weighted by molar-refractivity contribution is 0.0282. The number of amides is 1. The van der Waals surface area contributed by atoms with Crippen LogP contribution in [0.4, 0.5) is 4.79 Å². The van der Waals surface area contributed by atoms with Crippen LogP contribution in [0.2, 0.25) is 5.04 Å². The highest BCUT2D eigenvalue weighted by molar-refractivity contribution is 6.99. The standard InChI is InChI=1S/C22H30N2O3Si/c1-22(2,3)28(19-10-6-4-7-11-19,20-12-8-5-9-13-20)27-18-26-21(25)24-16-14-23-15-17-24/h4-13,23H,14-18H2,1-3H3. The summed E-state index contributed by atoms with van der Waals surface area (Å²) < 4.78 is 12.1. The van der Waals surface area contributed by atoms with Crippen molar-refractivity contribution < 1.29 is 14.0 Å². The quantitative estimate of drug-likeness (QED) is 0.621. The number of benzene rings is 2. The average molecular weight is 399 g/mol. The SMILES string of the molecule is CC(C)(C)[Si](OCOC(=O)N1CCNCC1)(c1ccccc1)c1ccccc1. The number of ether oxygens (including phenoxy) is 1. The van der Waals surface area contributed by atoms with Gasteiger partial charge in [-0.15, -0.1) is 0 Å². The number of hydrogen-bond acceptors (Lipinski definition) is 4. The number of carbonyl (C=O) groups is 1. The van der Waals surface area contributed by atoms with Gasteiger partial charge in [0, 0.05) is 26.2 Å². The molecule has 1 aliphatic heterocycles. The van der Waals surface area contributed by atoms with Gasteiger partial charge in [-0.2, -0.15) is 0 Å². The largest absolute Gasteiger partial charge is 0.423 e. The Hall–Kier alpha value is -2.15. The number of nitrogens with one attached hydrogen (secondary N) is 1. The normalized spacial score (nSPS) is 15.3. The zero-order chi connectivity index (χ0) is 20.0. The lowest BCUT2D eigenvalue weighted by atomic mass is 10.2. The van der Waals surface area contributed by atoms with Crippen molar-refractivity contribution in [3.05, 3.63) is 60.7 Å². The first kappa shape index (κ1) is 20.6. The van der Waals surface area contributed by atoms with Gasteiger partial charge in [-0.25, -0.2) is 4.79 Å². The molecule has 0 radical (unpaired) electrons. The smallest absolute Gasteiger partial charge is 0.411 e. The van der Waals surface area contributed by atoms with E-state index in [1.54, 1.807) is 4.90 Å². The van der Waals surface area contributed by atoms with Gasteiger partial charge in [-0.1, -0.05) is 81.4 Å². The van der Waals surface area contributed by atoms with Crippen LogP contribution in [-0.2, 0) is 9.16 Å². The highest BCUT2D eigenvalue weighted by atomic mass is 28.4. The van der Waals surface area contributed by atoms with Crippen LogP contribution in [0.3, 0.4) is 0 Å². The van der Waals surface area contributed by atoms with Gasteiger partial charge in [0.2, 0.25) is 0 Å². The van der Waals surface area contributed by atoms with E-state index in [1.807, 2.05) is 36.4 Å². The number of carbonyl (C=O) groups excluding carboxylic acids is 1. The molecular weight excluding hydrogens is 368 g/mol. The summed E-state index contributed by atoms with van der Waals surface area (Å²) in [6.45, 7) is 9.49. The summed E-state index contributed by atoms with van der Waals surface area (Å²) in [4.78, 5) is 14.1. The second-order valence-electron chi connectivity index (χ2n) is 8.07. The topological polar surface area (TPSA) is 50.8 Å². The molecule has 5 nitrogen and oxygen atoms in total. The monoisotopic (exact) mass is 398 g/mol. The van der Waals surface area contributed by atoms with Gasteiger partial charge in [-0.05, 0) is 15.4 Å². The van der Waals surface area contributed by atoms with Crippen molar-refractivity contribution in [2.24, 2.45) is 0 Å². The Balaban J connectivity index is 1.87. The van der Waals surface area contributed by atoms with Crippen molar-refractivity contribution in [3.63, 3.8) is 0 Å². The van der Waals surface area contributed by atoms with E-state index in [0.29, 0.717) is 13.1 Å². The molecule has 1 aliphatic rings. The van der Waals surface area contributed by atoms with Gasteiger partial charge in [0.15, 0.2) is 6.79 Å². The summed E-state index contributed by atoms with van der Waals surface area (Å²) in [5.74, 6) is 0. The van der Waals surface area contributed by atoms with Crippen molar-refractivity contribution >= 4 is 24.8 Å². The van der Waals surface area contributed by atoms with Crippen LogP contribution in [0.5, 0.6) is 0 Å². The minimum Gasteiger partial charge on any atom is -0.423 e. The number of piperazine rings is 1. The second-order valence-corrected chi connectivity index (χ2v) is 12.4. The Morgan fingerprint density at radius 2 is 1.46 bits per heavy atom. The first-order valence-corrected chi connectivity index (χ1v) is 11.7. The molecule has 0 bridgehead atoms. The van der Waals surface area contributed by atoms with Gasteiger partial charge in [0.25, 0.3) is 8.32 Å². The molecule has 0 aromatic heterocycles. The van der Waals surface area contributed by atoms with E-state index >= 15 is 0 Å². The Labute approximate surface area is 168 Å². The number of nitrogens with zero attached hydrogens (tertiary/aromatic N) is 1. The summed E-state index contributed by atoms with van der Waals surface area (Å²) in [6.07, 6.45) is -0.306. The molecule has 2 aromatic carbocycles. The Morgan fingerprint density at radius 3 is 1.93 bits per heavy atom. The zero-order valence-electron chi connectivity index (χ0n) is 17.0. The van der Waals surface area contributed by atoms with Crippen LogP contribution in [-0.4, -0.2) is 52.3 Å². The first-order valence-electron chi connectivity index (χ1n) is 9.82. The van der Waals surface area contributed by atoms with Crippen LogP contribution < -0.4 is 15.7 Å². The summed E-state index contributed by atoms with van der Waals surface area (Å²) in [7, 11) is -2.67. The summed E-state index contributed by atoms with van der Waals surface area (Å²) >= 11 is 0. The molecule has 3 rings (SSSR count).